The molecule has 1 N–H and O–H groups in total. The number of benzene rings is 2. The molecule has 0 amide bonds. The minimum atomic E-state index is -0.0277. The average molecular weight is 367 g/mol. The molecule has 0 spiro atoms. The van der Waals surface area contributed by atoms with E-state index in [1.165, 1.54) is 18.4 Å². The van der Waals surface area contributed by atoms with E-state index < -0.39 is 0 Å². The number of rotatable bonds is 7. The first-order valence-corrected chi connectivity index (χ1v) is 9.24. The van der Waals surface area contributed by atoms with Crippen LogP contribution in [0.5, 0.6) is 11.5 Å². The van der Waals surface area contributed by atoms with Gasteiger partial charge < -0.3 is 14.8 Å². The van der Waals surface area contributed by atoms with Crippen molar-refractivity contribution in [3.63, 3.8) is 0 Å². The zero-order chi connectivity index (χ0) is 19.0. The topological polar surface area (TPSA) is 57.4 Å². The molecule has 0 radical (unpaired) electrons. The lowest BCUT2D eigenvalue weighted by Crippen LogP contribution is -2.19. The molecule has 0 aliphatic heterocycles. The third-order valence-corrected chi connectivity index (χ3v) is 5.13. The van der Waals surface area contributed by atoms with E-state index in [1.807, 2.05) is 30.3 Å². The Kier molecular flexibility index (Phi) is 4.66. The molecule has 2 aromatic carbocycles. The van der Waals surface area contributed by atoms with Crippen molar-refractivity contribution in [3.8, 4) is 11.5 Å². The number of fused-ring (bicyclic) bond motifs is 1. The Morgan fingerprint density at radius 3 is 2.48 bits per heavy atom. The molecule has 1 aromatic heterocycles. The highest BCUT2D eigenvalue weighted by Crippen LogP contribution is 2.29. The van der Waals surface area contributed by atoms with E-state index in [-0.39, 0.29) is 5.69 Å². The highest BCUT2D eigenvalue weighted by atomic mass is 16.5. The van der Waals surface area contributed by atoms with Gasteiger partial charge in [0, 0.05) is 26.7 Å². The Labute approximate surface area is 158 Å². The summed E-state index contributed by atoms with van der Waals surface area (Å²) in [5, 5.41) is 3.50. The maximum atomic E-state index is 12.1. The van der Waals surface area contributed by atoms with Crippen LogP contribution in [0.25, 0.3) is 11.0 Å². The molecule has 142 valence electrons. The largest absolute Gasteiger partial charge is 0.493 e. The molecule has 0 unspecified atom stereocenters. The van der Waals surface area contributed by atoms with Crippen LogP contribution in [0.4, 0.5) is 0 Å². The third-order valence-electron chi connectivity index (χ3n) is 5.13. The van der Waals surface area contributed by atoms with Crippen molar-refractivity contribution >= 4 is 11.0 Å². The van der Waals surface area contributed by atoms with E-state index in [0.717, 1.165) is 34.6 Å². The van der Waals surface area contributed by atoms with Gasteiger partial charge in [-0.3, -0.25) is 9.13 Å². The molecule has 1 fully saturated rings. The normalized spacial score (nSPS) is 13.9. The molecule has 0 atom stereocenters. The number of nitrogens with one attached hydrogen (secondary N) is 1. The van der Waals surface area contributed by atoms with Gasteiger partial charge in [0.25, 0.3) is 0 Å². The van der Waals surface area contributed by atoms with Crippen molar-refractivity contribution in [3.05, 3.63) is 58.0 Å². The average Bonchev–Trinajstić information content (AvgIpc) is 3.50. The van der Waals surface area contributed by atoms with E-state index in [1.54, 1.807) is 30.3 Å². The fourth-order valence-corrected chi connectivity index (χ4v) is 3.29. The molecular weight excluding hydrogens is 342 g/mol. The summed E-state index contributed by atoms with van der Waals surface area (Å²) in [6.45, 7) is 1.26. The lowest BCUT2D eigenvalue weighted by atomic mass is 10.2. The lowest BCUT2D eigenvalue weighted by Gasteiger charge is -2.13. The minimum absolute atomic E-state index is 0.0277. The maximum Gasteiger partial charge on any atom is 0.328 e. The first kappa shape index (κ1) is 17.7. The first-order chi connectivity index (χ1) is 13.1. The van der Waals surface area contributed by atoms with Gasteiger partial charge in [-0.2, -0.15) is 0 Å². The SMILES string of the molecule is COc1cc(CNC2CC2)ccc1OCc1ccc2c(c1)n(C)c(=O)n2C. The van der Waals surface area contributed by atoms with Gasteiger partial charge in [-0.1, -0.05) is 12.1 Å². The van der Waals surface area contributed by atoms with Crippen LogP contribution in [-0.4, -0.2) is 22.3 Å². The molecule has 1 saturated carbocycles. The van der Waals surface area contributed by atoms with Crippen molar-refractivity contribution in [1.82, 2.24) is 14.5 Å². The predicted octanol–water partition coefficient (Wildman–Crippen LogP) is 2.72. The number of hydrogen-bond acceptors (Lipinski definition) is 4. The molecule has 4 rings (SSSR count). The van der Waals surface area contributed by atoms with Gasteiger partial charge in [0.15, 0.2) is 11.5 Å². The molecule has 0 saturated heterocycles. The molecule has 3 aromatic rings. The summed E-state index contributed by atoms with van der Waals surface area (Å²) in [4.78, 5) is 12.1. The number of nitrogens with zero attached hydrogens (tertiary/aromatic N) is 2. The Morgan fingerprint density at radius 2 is 1.74 bits per heavy atom. The van der Waals surface area contributed by atoms with E-state index in [9.17, 15) is 4.79 Å². The van der Waals surface area contributed by atoms with Gasteiger partial charge >= 0.3 is 5.69 Å². The van der Waals surface area contributed by atoms with Crippen LogP contribution < -0.4 is 20.5 Å². The number of imidazole rings is 1. The summed E-state index contributed by atoms with van der Waals surface area (Å²) >= 11 is 0. The van der Waals surface area contributed by atoms with Gasteiger partial charge in [-0.15, -0.1) is 0 Å². The Bertz CT molecular complexity index is 1030. The summed E-state index contributed by atoms with van der Waals surface area (Å²) in [5.41, 5.74) is 3.98. The number of methoxy groups -OCH3 is 1. The monoisotopic (exact) mass is 367 g/mol. The van der Waals surface area contributed by atoms with Gasteiger partial charge in [-0.25, -0.2) is 4.79 Å². The van der Waals surface area contributed by atoms with Crippen molar-refractivity contribution in [2.75, 3.05) is 7.11 Å². The Morgan fingerprint density at radius 1 is 1.00 bits per heavy atom. The second-order valence-corrected chi connectivity index (χ2v) is 7.15. The second-order valence-electron chi connectivity index (χ2n) is 7.15. The summed E-state index contributed by atoms with van der Waals surface area (Å²) in [6.07, 6.45) is 2.55. The van der Waals surface area contributed by atoms with Crippen LogP contribution in [0.2, 0.25) is 0 Å². The summed E-state index contributed by atoms with van der Waals surface area (Å²) in [7, 11) is 5.23. The molecule has 0 bridgehead atoms. The Hall–Kier alpha value is -2.73. The second kappa shape index (κ2) is 7.12. The van der Waals surface area contributed by atoms with Crippen LogP contribution in [0.15, 0.2) is 41.2 Å². The summed E-state index contributed by atoms with van der Waals surface area (Å²) in [6, 6.07) is 12.7. The highest BCUT2D eigenvalue weighted by Gasteiger charge is 2.20. The van der Waals surface area contributed by atoms with Crippen molar-refractivity contribution in [2.24, 2.45) is 14.1 Å². The van der Waals surface area contributed by atoms with E-state index in [4.69, 9.17) is 9.47 Å². The van der Waals surface area contributed by atoms with Crippen LogP contribution in [0.1, 0.15) is 24.0 Å². The molecule has 1 aliphatic rings. The van der Waals surface area contributed by atoms with Gasteiger partial charge in [0.2, 0.25) is 0 Å². The highest BCUT2D eigenvalue weighted by molar-refractivity contribution is 5.76. The molecular formula is C21H25N3O3. The lowest BCUT2D eigenvalue weighted by molar-refractivity contribution is 0.284. The van der Waals surface area contributed by atoms with E-state index >= 15 is 0 Å². The van der Waals surface area contributed by atoms with Crippen molar-refractivity contribution < 1.29 is 9.47 Å². The number of ether oxygens (including phenoxy) is 2. The molecule has 6 nitrogen and oxygen atoms in total. The van der Waals surface area contributed by atoms with Crippen LogP contribution >= 0.6 is 0 Å². The fraction of sp³-hybridized carbons (Fsp3) is 0.381. The predicted molar refractivity (Wildman–Crippen MR) is 105 cm³/mol. The zero-order valence-corrected chi connectivity index (χ0v) is 16.0. The van der Waals surface area contributed by atoms with Gasteiger partial charge in [0.05, 0.1) is 18.1 Å². The smallest absolute Gasteiger partial charge is 0.328 e. The quantitative estimate of drug-likeness (QED) is 0.698. The fourth-order valence-electron chi connectivity index (χ4n) is 3.29. The van der Waals surface area contributed by atoms with Crippen molar-refractivity contribution in [1.29, 1.82) is 0 Å². The standard InChI is InChI=1S/C21H25N3O3/c1-23-17-8-4-15(10-18(17)24(2)21(23)25)13-27-19-9-5-14(11-20(19)26-3)12-22-16-6-7-16/h4-5,8-11,16,22H,6-7,12-13H2,1-3H3. The van der Waals surface area contributed by atoms with E-state index in [0.29, 0.717) is 12.6 Å². The maximum absolute atomic E-state index is 12.1. The first-order valence-electron chi connectivity index (χ1n) is 9.24. The van der Waals surface area contributed by atoms with Crippen LogP contribution in [0.3, 0.4) is 0 Å². The molecule has 6 heteroatoms. The van der Waals surface area contributed by atoms with Crippen LogP contribution in [0, 0.1) is 0 Å². The Balaban J connectivity index is 1.49. The third kappa shape index (κ3) is 3.57. The van der Waals surface area contributed by atoms with Gasteiger partial charge in [-0.05, 0) is 48.2 Å². The number of aromatic nitrogens is 2. The molecule has 1 aliphatic carbocycles. The number of aryl methyl sites for hydroxylation is 2. The molecule has 1 heterocycles. The number of hydrogen-bond donors (Lipinski definition) is 1. The van der Waals surface area contributed by atoms with Crippen LogP contribution in [-0.2, 0) is 27.2 Å². The van der Waals surface area contributed by atoms with Gasteiger partial charge in [0.1, 0.15) is 6.61 Å². The van der Waals surface area contributed by atoms with Crippen molar-refractivity contribution in [2.45, 2.75) is 32.0 Å². The summed E-state index contributed by atoms with van der Waals surface area (Å²) in [5.74, 6) is 1.45. The summed E-state index contributed by atoms with van der Waals surface area (Å²) < 4.78 is 14.8. The van der Waals surface area contributed by atoms with E-state index in [2.05, 4.69) is 11.4 Å². The minimum Gasteiger partial charge on any atom is -0.493 e. The molecule has 27 heavy (non-hydrogen) atoms. The zero-order valence-electron chi connectivity index (χ0n) is 16.0.